The first-order valence-electron chi connectivity index (χ1n) is 7.31. The van der Waals surface area contributed by atoms with E-state index in [2.05, 4.69) is 4.98 Å². The van der Waals surface area contributed by atoms with Gasteiger partial charge in [0.25, 0.3) is 5.91 Å². The maximum Gasteiger partial charge on any atom is 0.355 e. The van der Waals surface area contributed by atoms with Crippen molar-refractivity contribution in [1.82, 2.24) is 9.88 Å². The van der Waals surface area contributed by atoms with Crippen LogP contribution in [0.5, 0.6) is 0 Å². The first kappa shape index (κ1) is 16.5. The second-order valence-corrected chi connectivity index (χ2v) is 5.41. The minimum atomic E-state index is -0.673. The SMILES string of the molecule is Cc1[nH]c(C(=O)OCC(=O)N2CCOCC2)c(C)c1C(C)O. The zero-order valence-corrected chi connectivity index (χ0v) is 13.1. The number of hydrogen-bond acceptors (Lipinski definition) is 5. The smallest absolute Gasteiger partial charge is 0.355 e. The summed E-state index contributed by atoms with van der Waals surface area (Å²) in [6, 6.07) is 0. The number of nitrogens with one attached hydrogen (secondary N) is 1. The monoisotopic (exact) mass is 310 g/mol. The molecule has 0 aromatic carbocycles. The van der Waals surface area contributed by atoms with Crippen molar-refractivity contribution in [3.05, 3.63) is 22.5 Å². The number of amides is 1. The molecule has 2 N–H and O–H groups in total. The Morgan fingerprint density at radius 1 is 1.36 bits per heavy atom. The molecule has 1 fully saturated rings. The second kappa shape index (κ2) is 6.93. The van der Waals surface area contributed by atoms with E-state index in [0.29, 0.717) is 37.4 Å². The molecule has 22 heavy (non-hydrogen) atoms. The summed E-state index contributed by atoms with van der Waals surface area (Å²) in [6.45, 7) is 6.92. The highest BCUT2D eigenvalue weighted by Gasteiger charge is 2.23. The van der Waals surface area contributed by atoms with E-state index in [1.165, 1.54) is 0 Å². The standard InChI is InChI=1S/C15H22N2O5/c1-9-13(11(3)18)10(2)16-14(9)15(20)22-8-12(19)17-4-6-21-7-5-17/h11,16,18H,4-8H2,1-3H3. The third-order valence-corrected chi connectivity index (χ3v) is 3.81. The Bertz CT molecular complexity index is 559. The summed E-state index contributed by atoms with van der Waals surface area (Å²) in [5.74, 6) is -0.817. The maximum atomic E-state index is 12.1. The van der Waals surface area contributed by atoms with Crippen molar-refractivity contribution in [2.45, 2.75) is 26.9 Å². The molecule has 1 atom stereocenters. The molecular formula is C15H22N2O5. The lowest BCUT2D eigenvalue weighted by molar-refractivity contribution is -0.138. The first-order valence-corrected chi connectivity index (χ1v) is 7.31. The number of aromatic amines is 1. The molecule has 2 heterocycles. The van der Waals surface area contributed by atoms with Crippen LogP contribution in [0.2, 0.25) is 0 Å². The number of H-pyrrole nitrogens is 1. The van der Waals surface area contributed by atoms with Gasteiger partial charge in [0, 0.05) is 24.3 Å². The van der Waals surface area contributed by atoms with Crippen LogP contribution in [0.25, 0.3) is 0 Å². The fourth-order valence-electron chi connectivity index (χ4n) is 2.70. The summed E-state index contributed by atoms with van der Waals surface area (Å²) in [5.41, 5.74) is 2.34. The van der Waals surface area contributed by atoms with Crippen molar-refractivity contribution >= 4 is 11.9 Å². The van der Waals surface area contributed by atoms with E-state index >= 15 is 0 Å². The molecule has 1 aliphatic heterocycles. The predicted molar refractivity (Wildman–Crippen MR) is 78.6 cm³/mol. The van der Waals surface area contributed by atoms with Gasteiger partial charge in [-0.1, -0.05) is 0 Å². The van der Waals surface area contributed by atoms with Gasteiger partial charge in [-0.3, -0.25) is 4.79 Å². The van der Waals surface area contributed by atoms with Crippen molar-refractivity contribution in [3.63, 3.8) is 0 Å². The van der Waals surface area contributed by atoms with E-state index in [1.807, 2.05) is 0 Å². The van der Waals surface area contributed by atoms with E-state index in [1.54, 1.807) is 25.7 Å². The molecular weight excluding hydrogens is 288 g/mol. The lowest BCUT2D eigenvalue weighted by Crippen LogP contribution is -2.42. The number of aromatic nitrogens is 1. The van der Waals surface area contributed by atoms with Crippen molar-refractivity contribution in [2.24, 2.45) is 0 Å². The highest BCUT2D eigenvalue weighted by Crippen LogP contribution is 2.24. The molecule has 0 bridgehead atoms. The number of ether oxygens (including phenoxy) is 2. The predicted octanol–water partition coefficient (Wildman–Crippen LogP) is 0.700. The number of aryl methyl sites for hydroxylation is 1. The summed E-state index contributed by atoms with van der Waals surface area (Å²) in [7, 11) is 0. The van der Waals surface area contributed by atoms with Gasteiger partial charge in [-0.05, 0) is 26.3 Å². The zero-order chi connectivity index (χ0) is 16.3. The van der Waals surface area contributed by atoms with E-state index < -0.39 is 12.1 Å². The van der Waals surface area contributed by atoms with E-state index in [4.69, 9.17) is 9.47 Å². The molecule has 1 aromatic rings. The Morgan fingerprint density at radius 2 is 2.00 bits per heavy atom. The Labute approximate surface area is 129 Å². The van der Waals surface area contributed by atoms with Gasteiger partial charge in [-0.15, -0.1) is 0 Å². The van der Waals surface area contributed by atoms with Crippen LogP contribution in [-0.2, 0) is 14.3 Å². The van der Waals surface area contributed by atoms with Gasteiger partial charge in [-0.25, -0.2) is 4.79 Å². The Morgan fingerprint density at radius 3 is 2.55 bits per heavy atom. The quantitative estimate of drug-likeness (QED) is 0.799. The molecule has 1 amide bonds. The maximum absolute atomic E-state index is 12.1. The average molecular weight is 310 g/mol. The number of hydrogen-bond donors (Lipinski definition) is 2. The first-order chi connectivity index (χ1) is 10.4. The summed E-state index contributed by atoms with van der Waals surface area (Å²) < 4.78 is 10.3. The summed E-state index contributed by atoms with van der Waals surface area (Å²) in [6.07, 6.45) is -0.673. The number of aliphatic hydroxyl groups is 1. The number of nitrogens with zero attached hydrogens (tertiary/aromatic N) is 1. The zero-order valence-electron chi connectivity index (χ0n) is 13.1. The fourth-order valence-corrected chi connectivity index (χ4v) is 2.70. The normalized spacial score (nSPS) is 16.5. The Kier molecular flexibility index (Phi) is 5.20. The fraction of sp³-hybridized carbons (Fsp3) is 0.600. The summed E-state index contributed by atoms with van der Waals surface area (Å²) >= 11 is 0. The third kappa shape index (κ3) is 3.48. The van der Waals surface area contributed by atoms with Crippen molar-refractivity contribution in [2.75, 3.05) is 32.9 Å². The minimum Gasteiger partial charge on any atom is -0.451 e. The number of rotatable bonds is 4. The van der Waals surface area contributed by atoms with Crippen molar-refractivity contribution < 1.29 is 24.2 Å². The number of esters is 1. The molecule has 0 radical (unpaired) electrons. The Balaban J connectivity index is 1.98. The van der Waals surface area contributed by atoms with Gasteiger partial charge >= 0.3 is 5.97 Å². The molecule has 2 rings (SSSR count). The van der Waals surface area contributed by atoms with Gasteiger partial charge in [0.15, 0.2) is 6.61 Å². The van der Waals surface area contributed by atoms with Crippen molar-refractivity contribution in [1.29, 1.82) is 0 Å². The lowest BCUT2D eigenvalue weighted by atomic mass is 10.1. The number of aliphatic hydroxyl groups excluding tert-OH is 1. The number of carbonyl (C=O) groups is 2. The number of morpholine rings is 1. The molecule has 7 nitrogen and oxygen atoms in total. The summed E-state index contributed by atoms with van der Waals surface area (Å²) in [4.78, 5) is 28.6. The lowest BCUT2D eigenvalue weighted by Gasteiger charge is -2.26. The van der Waals surface area contributed by atoms with Gasteiger partial charge in [0.1, 0.15) is 5.69 Å². The van der Waals surface area contributed by atoms with Crippen LogP contribution in [0.4, 0.5) is 0 Å². The van der Waals surface area contributed by atoms with Crippen LogP contribution in [0.1, 0.15) is 40.3 Å². The van der Waals surface area contributed by atoms with Gasteiger partial charge < -0.3 is 24.5 Å². The highest BCUT2D eigenvalue weighted by atomic mass is 16.5. The van der Waals surface area contributed by atoms with E-state index in [9.17, 15) is 14.7 Å². The number of carbonyl (C=O) groups excluding carboxylic acids is 2. The summed E-state index contributed by atoms with van der Waals surface area (Å²) in [5, 5.41) is 9.72. The van der Waals surface area contributed by atoms with E-state index in [-0.39, 0.29) is 18.2 Å². The minimum absolute atomic E-state index is 0.228. The molecule has 0 spiro atoms. The molecule has 1 unspecified atom stereocenters. The Hall–Kier alpha value is -1.86. The van der Waals surface area contributed by atoms with E-state index in [0.717, 1.165) is 5.69 Å². The van der Waals surface area contributed by atoms with Crippen molar-refractivity contribution in [3.8, 4) is 0 Å². The topological polar surface area (TPSA) is 91.9 Å². The van der Waals surface area contributed by atoms with Gasteiger partial charge in [0.2, 0.25) is 0 Å². The molecule has 0 saturated carbocycles. The van der Waals surface area contributed by atoms with Crippen LogP contribution in [0, 0.1) is 13.8 Å². The molecule has 122 valence electrons. The average Bonchev–Trinajstić information content (AvgIpc) is 2.80. The molecule has 7 heteroatoms. The van der Waals surface area contributed by atoms with Crippen LogP contribution in [-0.4, -0.2) is 59.8 Å². The molecule has 0 aliphatic carbocycles. The van der Waals surface area contributed by atoms with Crippen LogP contribution >= 0.6 is 0 Å². The van der Waals surface area contributed by atoms with Crippen LogP contribution in [0.15, 0.2) is 0 Å². The highest BCUT2D eigenvalue weighted by molar-refractivity contribution is 5.91. The molecule has 1 aliphatic rings. The van der Waals surface area contributed by atoms with Crippen LogP contribution < -0.4 is 0 Å². The van der Waals surface area contributed by atoms with Crippen LogP contribution in [0.3, 0.4) is 0 Å². The molecule has 1 saturated heterocycles. The largest absolute Gasteiger partial charge is 0.451 e. The second-order valence-electron chi connectivity index (χ2n) is 5.41. The third-order valence-electron chi connectivity index (χ3n) is 3.81. The van der Waals surface area contributed by atoms with Gasteiger partial charge in [0.05, 0.1) is 19.3 Å². The molecule has 1 aromatic heterocycles. The van der Waals surface area contributed by atoms with Gasteiger partial charge in [-0.2, -0.15) is 0 Å².